The molecular formula is C19H25N. The molecule has 1 aliphatic rings. The molecule has 0 spiro atoms. The SMILES string of the molecule is CC1CCCCC1CNCc1cccc2ccccc12. The molecule has 3 rings (SSSR count). The van der Waals surface area contributed by atoms with Crippen molar-refractivity contribution in [1.82, 2.24) is 5.32 Å². The second kappa shape index (κ2) is 6.41. The van der Waals surface area contributed by atoms with Gasteiger partial charge in [-0.05, 0) is 41.1 Å². The number of fused-ring (bicyclic) bond motifs is 1. The number of hydrogen-bond donors (Lipinski definition) is 1. The van der Waals surface area contributed by atoms with Gasteiger partial charge in [-0.1, -0.05) is 68.7 Å². The van der Waals surface area contributed by atoms with Crippen molar-refractivity contribution in [3.8, 4) is 0 Å². The van der Waals surface area contributed by atoms with E-state index in [1.165, 1.54) is 48.6 Å². The van der Waals surface area contributed by atoms with Gasteiger partial charge >= 0.3 is 0 Å². The molecule has 0 amide bonds. The summed E-state index contributed by atoms with van der Waals surface area (Å²) in [5.41, 5.74) is 1.42. The van der Waals surface area contributed by atoms with E-state index in [1.807, 2.05) is 0 Å². The molecule has 1 heteroatoms. The monoisotopic (exact) mass is 267 g/mol. The van der Waals surface area contributed by atoms with E-state index in [-0.39, 0.29) is 0 Å². The number of benzene rings is 2. The topological polar surface area (TPSA) is 12.0 Å². The molecule has 1 N–H and O–H groups in total. The van der Waals surface area contributed by atoms with Gasteiger partial charge in [0.15, 0.2) is 0 Å². The summed E-state index contributed by atoms with van der Waals surface area (Å²) in [6, 6.07) is 15.3. The Balaban J connectivity index is 1.62. The zero-order valence-electron chi connectivity index (χ0n) is 12.4. The third-order valence-corrected chi connectivity index (χ3v) is 4.89. The highest BCUT2D eigenvalue weighted by molar-refractivity contribution is 5.85. The van der Waals surface area contributed by atoms with Crippen LogP contribution in [0.15, 0.2) is 42.5 Å². The van der Waals surface area contributed by atoms with Gasteiger partial charge in [-0.2, -0.15) is 0 Å². The quantitative estimate of drug-likeness (QED) is 0.842. The van der Waals surface area contributed by atoms with Crippen LogP contribution in [0.5, 0.6) is 0 Å². The van der Waals surface area contributed by atoms with Crippen LogP contribution >= 0.6 is 0 Å². The van der Waals surface area contributed by atoms with E-state index < -0.39 is 0 Å². The normalized spacial score (nSPS) is 23.1. The van der Waals surface area contributed by atoms with Crippen molar-refractivity contribution in [2.45, 2.75) is 39.2 Å². The first-order chi connectivity index (χ1) is 9.84. The summed E-state index contributed by atoms with van der Waals surface area (Å²) in [6.07, 6.45) is 5.68. The molecule has 20 heavy (non-hydrogen) atoms. The Labute approximate surface area is 122 Å². The molecule has 0 heterocycles. The highest BCUT2D eigenvalue weighted by Gasteiger charge is 2.20. The Morgan fingerprint density at radius 2 is 1.80 bits per heavy atom. The predicted molar refractivity (Wildman–Crippen MR) is 86.8 cm³/mol. The fourth-order valence-electron chi connectivity index (χ4n) is 3.54. The molecule has 0 bridgehead atoms. The molecule has 2 aromatic rings. The second-order valence-corrected chi connectivity index (χ2v) is 6.29. The lowest BCUT2D eigenvalue weighted by atomic mass is 9.80. The Kier molecular flexibility index (Phi) is 4.37. The minimum Gasteiger partial charge on any atom is -0.312 e. The Morgan fingerprint density at radius 3 is 2.70 bits per heavy atom. The van der Waals surface area contributed by atoms with Gasteiger partial charge in [-0.3, -0.25) is 0 Å². The average molecular weight is 267 g/mol. The van der Waals surface area contributed by atoms with E-state index in [0.717, 1.165) is 18.4 Å². The summed E-state index contributed by atoms with van der Waals surface area (Å²) in [5.74, 6) is 1.77. The van der Waals surface area contributed by atoms with Crippen LogP contribution in [-0.4, -0.2) is 6.54 Å². The Morgan fingerprint density at radius 1 is 1.00 bits per heavy atom. The molecule has 2 unspecified atom stereocenters. The first kappa shape index (κ1) is 13.6. The van der Waals surface area contributed by atoms with Crippen LogP contribution in [0.2, 0.25) is 0 Å². The summed E-state index contributed by atoms with van der Waals surface area (Å²) in [7, 11) is 0. The lowest BCUT2D eigenvalue weighted by Crippen LogP contribution is -2.29. The molecule has 2 aromatic carbocycles. The van der Waals surface area contributed by atoms with Crippen LogP contribution in [0.3, 0.4) is 0 Å². The first-order valence-electron chi connectivity index (χ1n) is 8.02. The number of rotatable bonds is 4. The van der Waals surface area contributed by atoms with Crippen molar-refractivity contribution >= 4 is 10.8 Å². The highest BCUT2D eigenvalue weighted by atomic mass is 14.9. The highest BCUT2D eigenvalue weighted by Crippen LogP contribution is 2.29. The van der Waals surface area contributed by atoms with Crippen LogP contribution in [0.25, 0.3) is 10.8 Å². The van der Waals surface area contributed by atoms with Crippen LogP contribution in [0.4, 0.5) is 0 Å². The van der Waals surface area contributed by atoms with Gasteiger partial charge in [0.05, 0.1) is 0 Å². The molecule has 2 atom stereocenters. The molecule has 1 fully saturated rings. The summed E-state index contributed by atoms with van der Waals surface area (Å²) in [5, 5.41) is 6.43. The van der Waals surface area contributed by atoms with Gasteiger partial charge in [-0.15, -0.1) is 0 Å². The van der Waals surface area contributed by atoms with Gasteiger partial charge in [-0.25, -0.2) is 0 Å². The zero-order chi connectivity index (χ0) is 13.8. The van der Waals surface area contributed by atoms with Crippen LogP contribution in [0.1, 0.15) is 38.2 Å². The average Bonchev–Trinajstić information content (AvgIpc) is 2.49. The van der Waals surface area contributed by atoms with Gasteiger partial charge in [0.25, 0.3) is 0 Å². The van der Waals surface area contributed by atoms with E-state index in [0.29, 0.717) is 0 Å². The largest absolute Gasteiger partial charge is 0.312 e. The van der Waals surface area contributed by atoms with E-state index in [1.54, 1.807) is 0 Å². The second-order valence-electron chi connectivity index (χ2n) is 6.29. The molecule has 1 saturated carbocycles. The summed E-state index contributed by atoms with van der Waals surface area (Å²) in [4.78, 5) is 0. The molecule has 0 aromatic heterocycles. The predicted octanol–water partition coefficient (Wildman–Crippen LogP) is 4.76. The lowest BCUT2D eigenvalue weighted by molar-refractivity contribution is 0.248. The minimum absolute atomic E-state index is 0.874. The Bertz CT molecular complexity index is 555. The number of hydrogen-bond acceptors (Lipinski definition) is 1. The third kappa shape index (κ3) is 3.04. The van der Waals surface area contributed by atoms with Gasteiger partial charge in [0.1, 0.15) is 0 Å². The van der Waals surface area contributed by atoms with Gasteiger partial charge in [0, 0.05) is 6.54 Å². The smallest absolute Gasteiger partial charge is 0.0211 e. The minimum atomic E-state index is 0.874. The van der Waals surface area contributed by atoms with E-state index >= 15 is 0 Å². The number of nitrogens with one attached hydrogen (secondary N) is 1. The maximum absolute atomic E-state index is 3.69. The molecular weight excluding hydrogens is 242 g/mol. The van der Waals surface area contributed by atoms with Crippen molar-refractivity contribution < 1.29 is 0 Å². The maximum atomic E-state index is 3.69. The van der Waals surface area contributed by atoms with Crippen molar-refractivity contribution in [2.24, 2.45) is 11.8 Å². The standard InChI is InChI=1S/C19H25N/c1-15-7-2-3-9-17(15)13-20-14-18-11-6-10-16-8-4-5-12-19(16)18/h4-6,8,10-12,15,17,20H,2-3,7,9,13-14H2,1H3. The van der Waals surface area contributed by atoms with Crippen LogP contribution in [-0.2, 0) is 6.54 Å². The summed E-state index contributed by atoms with van der Waals surface area (Å²) in [6.45, 7) is 4.58. The molecule has 0 radical (unpaired) electrons. The Hall–Kier alpha value is -1.34. The van der Waals surface area contributed by atoms with E-state index in [9.17, 15) is 0 Å². The summed E-state index contributed by atoms with van der Waals surface area (Å²) < 4.78 is 0. The molecule has 1 aliphatic carbocycles. The fourth-order valence-corrected chi connectivity index (χ4v) is 3.54. The molecule has 106 valence electrons. The van der Waals surface area contributed by atoms with Crippen LogP contribution < -0.4 is 5.32 Å². The summed E-state index contributed by atoms with van der Waals surface area (Å²) >= 11 is 0. The van der Waals surface area contributed by atoms with Crippen molar-refractivity contribution in [1.29, 1.82) is 0 Å². The maximum Gasteiger partial charge on any atom is 0.0211 e. The zero-order valence-corrected chi connectivity index (χ0v) is 12.4. The molecule has 0 saturated heterocycles. The van der Waals surface area contributed by atoms with Gasteiger partial charge < -0.3 is 5.32 Å². The van der Waals surface area contributed by atoms with Crippen molar-refractivity contribution in [2.75, 3.05) is 6.54 Å². The third-order valence-electron chi connectivity index (χ3n) is 4.89. The molecule has 1 nitrogen and oxygen atoms in total. The van der Waals surface area contributed by atoms with Gasteiger partial charge in [0.2, 0.25) is 0 Å². The van der Waals surface area contributed by atoms with Crippen LogP contribution in [0, 0.1) is 11.8 Å². The van der Waals surface area contributed by atoms with E-state index in [4.69, 9.17) is 0 Å². The first-order valence-corrected chi connectivity index (χ1v) is 8.02. The van der Waals surface area contributed by atoms with E-state index in [2.05, 4.69) is 54.7 Å². The van der Waals surface area contributed by atoms with Crippen molar-refractivity contribution in [3.63, 3.8) is 0 Å². The lowest BCUT2D eigenvalue weighted by Gasteiger charge is -2.29. The molecule has 0 aliphatic heterocycles. The fraction of sp³-hybridized carbons (Fsp3) is 0.474. The van der Waals surface area contributed by atoms with Crippen molar-refractivity contribution in [3.05, 3.63) is 48.0 Å².